The number of nitrogens with one attached hydrogen (secondary N) is 1. The Balaban J connectivity index is 1.54. The minimum absolute atomic E-state index is 0.0161. The molecule has 1 saturated heterocycles. The molecule has 1 aromatic heterocycles. The summed E-state index contributed by atoms with van der Waals surface area (Å²) in [5, 5.41) is 7.56. The Labute approximate surface area is 178 Å². The van der Waals surface area contributed by atoms with E-state index in [9.17, 15) is 9.59 Å². The fourth-order valence-electron chi connectivity index (χ4n) is 3.79. The average molecular weight is 413 g/mol. The summed E-state index contributed by atoms with van der Waals surface area (Å²) in [4.78, 5) is 27.2. The number of ether oxygens (including phenoxy) is 1. The van der Waals surface area contributed by atoms with E-state index in [1.165, 1.54) is 0 Å². The summed E-state index contributed by atoms with van der Waals surface area (Å²) in [5.41, 5.74) is 1.89. The number of piperidine rings is 1. The molecule has 2 heterocycles. The van der Waals surface area contributed by atoms with Crippen LogP contribution in [0.15, 0.2) is 30.3 Å². The second-order valence-corrected chi connectivity index (χ2v) is 8.75. The number of aryl methyl sites for hydroxylation is 1. The molecule has 2 aromatic rings. The van der Waals surface area contributed by atoms with Gasteiger partial charge in [0, 0.05) is 30.4 Å². The molecule has 1 aliphatic rings. The van der Waals surface area contributed by atoms with Crippen LogP contribution in [0, 0.1) is 6.92 Å². The zero-order chi connectivity index (χ0) is 21.9. The van der Waals surface area contributed by atoms with E-state index in [2.05, 4.69) is 31.2 Å². The lowest BCUT2D eigenvalue weighted by molar-refractivity contribution is 0.0697. The van der Waals surface area contributed by atoms with Gasteiger partial charge in [-0.1, -0.05) is 0 Å². The van der Waals surface area contributed by atoms with Gasteiger partial charge in [-0.3, -0.25) is 14.3 Å². The smallest absolute Gasteiger partial charge is 0.272 e. The first-order chi connectivity index (χ1) is 14.2. The average Bonchev–Trinajstić information content (AvgIpc) is 3.11. The van der Waals surface area contributed by atoms with Gasteiger partial charge in [0.05, 0.1) is 12.1 Å². The highest BCUT2D eigenvalue weighted by Gasteiger charge is 2.26. The summed E-state index contributed by atoms with van der Waals surface area (Å²) in [5.74, 6) is 0.624. The van der Waals surface area contributed by atoms with Crippen molar-refractivity contribution < 1.29 is 14.3 Å². The maximum atomic E-state index is 12.7. The van der Waals surface area contributed by atoms with Crippen LogP contribution in [0.3, 0.4) is 0 Å². The Bertz CT molecular complexity index is 888. The lowest BCUT2D eigenvalue weighted by Crippen LogP contribution is -2.46. The van der Waals surface area contributed by atoms with E-state index in [1.54, 1.807) is 12.1 Å². The molecule has 0 aliphatic carbocycles. The molecule has 0 atom stereocenters. The number of carbonyl (C=O) groups excluding carboxylic acids is 2. The highest BCUT2D eigenvalue weighted by molar-refractivity contribution is 5.94. The SMILES string of the molecule is CCOc1ccc(C(=O)N2CCC(NC(=O)c3cc(C)n(C(C)(C)C)n3)CC2)cc1. The number of rotatable bonds is 5. The van der Waals surface area contributed by atoms with Crippen LogP contribution in [0.2, 0.25) is 0 Å². The van der Waals surface area contributed by atoms with Gasteiger partial charge in [0.25, 0.3) is 11.8 Å². The molecule has 0 radical (unpaired) electrons. The van der Waals surface area contributed by atoms with Crippen LogP contribution >= 0.6 is 0 Å². The Morgan fingerprint density at radius 2 is 1.80 bits per heavy atom. The third-order valence-corrected chi connectivity index (χ3v) is 5.29. The number of hydrogen-bond acceptors (Lipinski definition) is 4. The van der Waals surface area contributed by atoms with Gasteiger partial charge >= 0.3 is 0 Å². The topological polar surface area (TPSA) is 76.5 Å². The molecular formula is C23H32N4O3. The minimum Gasteiger partial charge on any atom is -0.494 e. The number of benzene rings is 1. The molecule has 7 nitrogen and oxygen atoms in total. The Morgan fingerprint density at radius 3 is 2.33 bits per heavy atom. The molecule has 3 rings (SSSR count). The molecule has 162 valence electrons. The third-order valence-electron chi connectivity index (χ3n) is 5.29. The molecule has 1 aromatic carbocycles. The number of aromatic nitrogens is 2. The Morgan fingerprint density at radius 1 is 1.17 bits per heavy atom. The monoisotopic (exact) mass is 412 g/mol. The number of hydrogen-bond donors (Lipinski definition) is 1. The summed E-state index contributed by atoms with van der Waals surface area (Å²) < 4.78 is 7.30. The van der Waals surface area contributed by atoms with Gasteiger partial charge < -0.3 is 15.0 Å². The molecule has 0 bridgehead atoms. The van der Waals surface area contributed by atoms with Crippen molar-refractivity contribution >= 4 is 11.8 Å². The van der Waals surface area contributed by atoms with E-state index in [-0.39, 0.29) is 23.4 Å². The van der Waals surface area contributed by atoms with Crippen molar-refractivity contribution in [3.05, 3.63) is 47.3 Å². The fraction of sp³-hybridized carbons (Fsp3) is 0.522. The lowest BCUT2D eigenvalue weighted by Gasteiger charge is -2.32. The first-order valence-corrected chi connectivity index (χ1v) is 10.6. The zero-order valence-corrected chi connectivity index (χ0v) is 18.6. The third kappa shape index (κ3) is 5.01. The highest BCUT2D eigenvalue weighted by Crippen LogP contribution is 2.19. The van der Waals surface area contributed by atoms with E-state index < -0.39 is 0 Å². The van der Waals surface area contributed by atoms with E-state index >= 15 is 0 Å². The van der Waals surface area contributed by atoms with Gasteiger partial charge in [0.1, 0.15) is 11.4 Å². The van der Waals surface area contributed by atoms with Crippen LogP contribution in [-0.4, -0.2) is 52.2 Å². The van der Waals surface area contributed by atoms with Crippen LogP contribution in [-0.2, 0) is 5.54 Å². The lowest BCUT2D eigenvalue weighted by atomic mass is 10.0. The molecule has 0 saturated carbocycles. The van der Waals surface area contributed by atoms with Gasteiger partial charge in [-0.25, -0.2) is 0 Å². The van der Waals surface area contributed by atoms with Crippen LogP contribution in [0.5, 0.6) is 5.75 Å². The van der Waals surface area contributed by atoms with Crippen LogP contribution < -0.4 is 10.1 Å². The molecule has 1 N–H and O–H groups in total. The van der Waals surface area contributed by atoms with Crippen LogP contribution in [0.1, 0.15) is 67.1 Å². The Kier molecular flexibility index (Phi) is 6.48. The van der Waals surface area contributed by atoms with Crippen molar-refractivity contribution in [2.45, 2.75) is 59.0 Å². The summed E-state index contributed by atoms with van der Waals surface area (Å²) in [6.45, 7) is 11.9. The Hall–Kier alpha value is -2.83. The predicted molar refractivity (Wildman–Crippen MR) is 116 cm³/mol. The first-order valence-electron chi connectivity index (χ1n) is 10.6. The van der Waals surface area contributed by atoms with Crippen molar-refractivity contribution in [2.75, 3.05) is 19.7 Å². The summed E-state index contributed by atoms with van der Waals surface area (Å²) in [6.07, 6.45) is 1.46. The number of amides is 2. The van der Waals surface area contributed by atoms with Gasteiger partial charge in [-0.15, -0.1) is 0 Å². The molecule has 30 heavy (non-hydrogen) atoms. The standard InChI is InChI=1S/C23H32N4O3/c1-6-30-19-9-7-17(8-10-19)22(29)26-13-11-18(12-14-26)24-21(28)20-15-16(2)27(25-20)23(3,4)5/h7-10,15,18H,6,11-14H2,1-5H3,(H,24,28). The summed E-state index contributed by atoms with van der Waals surface area (Å²) >= 11 is 0. The van der Waals surface area contributed by atoms with Crippen LogP contribution in [0.25, 0.3) is 0 Å². The molecule has 1 fully saturated rings. The molecule has 1 aliphatic heterocycles. The van der Waals surface area contributed by atoms with E-state index in [0.717, 1.165) is 24.3 Å². The largest absolute Gasteiger partial charge is 0.494 e. The van der Waals surface area contributed by atoms with Gasteiger partial charge in [0.2, 0.25) is 0 Å². The number of nitrogens with zero attached hydrogens (tertiary/aromatic N) is 3. The van der Waals surface area contributed by atoms with Gasteiger partial charge in [-0.05, 0) is 77.8 Å². The summed E-state index contributed by atoms with van der Waals surface area (Å²) in [6, 6.07) is 9.11. The van der Waals surface area contributed by atoms with Crippen molar-refractivity contribution in [3.8, 4) is 5.75 Å². The molecule has 0 unspecified atom stereocenters. The van der Waals surface area contributed by atoms with Gasteiger partial charge in [-0.2, -0.15) is 5.10 Å². The number of carbonyl (C=O) groups is 2. The highest BCUT2D eigenvalue weighted by atomic mass is 16.5. The predicted octanol–water partition coefficient (Wildman–Crippen LogP) is 3.38. The van der Waals surface area contributed by atoms with Gasteiger partial charge in [0.15, 0.2) is 0 Å². The first kappa shape index (κ1) is 21.9. The van der Waals surface area contributed by atoms with Crippen molar-refractivity contribution in [3.63, 3.8) is 0 Å². The van der Waals surface area contributed by atoms with Crippen molar-refractivity contribution in [1.82, 2.24) is 20.0 Å². The minimum atomic E-state index is -0.171. The second kappa shape index (κ2) is 8.90. The number of likely N-dealkylation sites (tertiary alicyclic amines) is 1. The fourth-order valence-corrected chi connectivity index (χ4v) is 3.79. The molecular weight excluding hydrogens is 380 g/mol. The molecule has 7 heteroatoms. The van der Waals surface area contributed by atoms with Crippen molar-refractivity contribution in [1.29, 1.82) is 0 Å². The normalized spacial score (nSPS) is 15.2. The molecule has 0 spiro atoms. The van der Waals surface area contributed by atoms with E-state index in [4.69, 9.17) is 4.74 Å². The maximum absolute atomic E-state index is 12.7. The molecule has 2 amide bonds. The second-order valence-electron chi connectivity index (χ2n) is 8.75. The summed E-state index contributed by atoms with van der Waals surface area (Å²) in [7, 11) is 0. The van der Waals surface area contributed by atoms with Crippen molar-refractivity contribution in [2.24, 2.45) is 0 Å². The maximum Gasteiger partial charge on any atom is 0.272 e. The van der Waals surface area contributed by atoms with Crippen LogP contribution in [0.4, 0.5) is 0 Å². The van der Waals surface area contributed by atoms with E-state index in [1.807, 2.05) is 41.6 Å². The zero-order valence-electron chi connectivity index (χ0n) is 18.6. The van der Waals surface area contributed by atoms with E-state index in [0.29, 0.717) is 31.0 Å². The quantitative estimate of drug-likeness (QED) is 0.817.